The predicted octanol–water partition coefficient (Wildman–Crippen LogP) is 3.02. The van der Waals surface area contributed by atoms with Crippen LogP contribution in [0.4, 0.5) is 0 Å². The lowest BCUT2D eigenvalue weighted by Crippen LogP contribution is -2.42. The van der Waals surface area contributed by atoms with E-state index >= 15 is 0 Å². The first-order valence-corrected chi connectivity index (χ1v) is 8.66. The van der Waals surface area contributed by atoms with Crippen LogP contribution < -0.4 is 4.74 Å². The molecule has 6 heteroatoms. The SMILES string of the molecule is O=C(c1ccc2ncccc2n1)N1CCC(Oc2cccc(O)c2)CC1. The Kier molecular flexibility index (Phi) is 4.39. The van der Waals surface area contributed by atoms with Gasteiger partial charge >= 0.3 is 0 Å². The second-order valence-electron chi connectivity index (χ2n) is 6.34. The molecule has 4 rings (SSSR count). The first kappa shape index (κ1) is 16.3. The van der Waals surface area contributed by atoms with Crippen molar-refractivity contribution in [2.24, 2.45) is 0 Å². The zero-order valence-corrected chi connectivity index (χ0v) is 14.2. The summed E-state index contributed by atoms with van der Waals surface area (Å²) in [6, 6.07) is 14.0. The van der Waals surface area contributed by atoms with Crippen molar-refractivity contribution in [3.63, 3.8) is 0 Å². The molecule has 26 heavy (non-hydrogen) atoms. The zero-order chi connectivity index (χ0) is 17.9. The number of piperidine rings is 1. The molecule has 0 aliphatic carbocycles. The fraction of sp³-hybridized carbons (Fsp3) is 0.250. The molecule has 1 N–H and O–H groups in total. The van der Waals surface area contributed by atoms with E-state index in [-0.39, 0.29) is 17.8 Å². The van der Waals surface area contributed by atoms with Crippen LogP contribution in [0.15, 0.2) is 54.7 Å². The van der Waals surface area contributed by atoms with Crippen molar-refractivity contribution in [1.29, 1.82) is 0 Å². The van der Waals surface area contributed by atoms with Gasteiger partial charge in [0.1, 0.15) is 23.3 Å². The van der Waals surface area contributed by atoms with E-state index in [0.29, 0.717) is 24.5 Å². The number of aromatic hydroxyl groups is 1. The fourth-order valence-corrected chi connectivity index (χ4v) is 3.16. The molecule has 1 amide bonds. The quantitative estimate of drug-likeness (QED) is 0.787. The number of fused-ring (bicyclic) bond motifs is 1. The van der Waals surface area contributed by atoms with Crippen LogP contribution in [0.5, 0.6) is 11.5 Å². The number of ether oxygens (including phenoxy) is 1. The van der Waals surface area contributed by atoms with Gasteiger partial charge in [-0.15, -0.1) is 0 Å². The summed E-state index contributed by atoms with van der Waals surface area (Å²) in [5.74, 6) is 0.775. The maximum Gasteiger partial charge on any atom is 0.272 e. The number of benzene rings is 1. The number of likely N-dealkylation sites (tertiary alicyclic amines) is 1. The lowest BCUT2D eigenvalue weighted by Gasteiger charge is -2.32. The Morgan fingerprint density at radius 1 is 1.08 bits per heavy atom. The van der Waals surface area contributed by atoms with Gasteiger partial charge in [0, 0.05) is 38.2 Å². The molecule has 1 aliphatic rings. The number of carbonyl (C=O) groups is 1. The number of hydrogen-bond donors (Lipinski definition) is 1. The van der Waals surface area contributed by atoms with Crippen LogP contribution in [0.1, 0.15) is 23.3 Å². The average Bonchev–Trinajstić information content (AvgIpc) is 2.68. The molecule has 1 aliphatic heterocycles. The standard InChI is InChI=1S/C20H19N3O3/c24-14-3-1-4-16(13-14)26-15-8-11-23(12-9-15)20(25)19-7-6-17-18(22-19)5-2-10-21-17/h1-7,10,13,15,24H,8-9,11-12H2. The summed E-state index contributed by atoms with van der Waals surface area (Å²) in [4.78, 5) is 23.2. The average molecular weight is 349 g/mol. The van der Waals surface area contributed by atoms with E-state index in [1.165, 1.54) is 0 Å². The topological polar surface area (TPSA) is 75.6 Å². The molecule has 0 bridgehead atoms. The Hall–Kier alpha value is -3.15. The molecule has 3 aromatic rings. The first-order valence-electron chi connectivity index (χ1n) is 8.66. The van der Waals surface area contributed by atoms with Crippen molar-refractivity contribution in [3.8, 4) is 11.5 Å². The maximum absolute atomic E-state index is 12.7. The van der Waals surface area contributed by atoms with Crippen LogP contribution in [0.25, 0.3) is 11.0 Å². The van der Waals surface area contributed by atoms with E-state index in [1.54, 1.807) is 30.5 Å². The van der Waals surface area contributed by atoms with E-state index < -0.39 is 0 Å². The zero-order valence-electron chi connectivity index (χ0n) is 14.2. The van der Waals surface area contributed by atoms with Crippen molar-refractivity contribution >= 4 is 16.9 Å². The monoisotopic (exact) mass is 349 g/mol. The van der Waals surface area contributed by atoms with E-state index in [0.717, 1.165) is 23.9 Å². The Balaban J connectivity index is 1.39. The van der Waals surface area contributed by atoms with Crippen molar-refractivity contribution in [3.05, 3.63) is 60.4 Å². The highest BCUT2D eigenvalue weighted by Gasteiger charge is 2.25. The number of rotatable bonds is 3. The van der Waals surface area contributed by atoms with Crippen molar-refractivity contribution in [2.45, 2.75) is 18.9 Å². The Morgan fingerprint density at radius 3 is 2.73 bits per heavy atom. The molecule has 1 saturated heterocycles. The molecule has 0 radical (unpaired) electrons. The van der Waals surface area contributed by atoms with Gasteiger partial charge in [-0.3, -0.25) is 9.78 Å². The maximum atomic E-state index is 12.7. The molecule has 0 spiro atoms. The van der Waals surface area contributed by atoms with Crippen LogP contribution >= 0.6 is 0 Å². The molecule has 0 unspecified atom stereocenters. The lowest BCUT2D eigenvalue weighted by atomic mass is 10.1. The van der Waals surface area contributed by atoms with Gasteiger partial charge in [0.2, 0.25) is 0 Å². The summed E-state index contributed by atoms with van der Waals surface area (Å²) in [7, 11) is 0. The van der Waals surface area contributed by atoms with Gasteiger partial charge in [-0.05, 0) is 36.4 Å². The van der Waals surface area contributed by atoms with E-state index in [1.807, 2.05) is 29.2 Å². The Labute approximate surface area is 151 Å². The van der Waals surface area contributed by atoms with Crippen LogP contribution in [-0.4, -0.2) is 45.1 Å². The summed E-state index contributed by atoms with van der Waals surface area (Å²) in [6.45, 7) is 1.24. The molecule has 0 atom stereocenters. The number of amides is 1. The Morgan fingerprint density at radius 2 is 1.92 bits per heavy atom. The first-order chi connectivity index (χ1) is 12.7. The Bertz CT molecular complexity index is 936. The van der Waals surface area contributed by atoms with Crippen molar-refractivity contribution < 1.29 is 14.6 Å². The van der Waals surface area contributed by atoms with Crippen LogP contribution in [0, 0.1) is 0 Å². The summed E-state index contributed by atoms with van der Waals surface area (Å²) >= 11 is 0. The minimum atomic E-state index is -0.0634. The van der Waals surface area contributed by atoms with E-state index in [9.17, 15) is 9.90 Å². The third-order valence-corrected chi connectivity index (χ3v) is 4.52. The minimum Gasteiger partial charge on any atom is -0.508 e. The highest BCUT2D eigenvalue weighted by molar-refractivity contribution is 5.94. The molecule has 1 aromatic carbocycles. The van der Waals surface area contributed by atoms with Gasteiger partial charge in [0.15, 0.2) is 0 Å². The van der Waals surface area contributed by atoms with Crippen molar-refractivity contribution in [2.75, 3.05) is 13.1 Å². The summed E-state index contributed by atoms with van der Waals surface area (Å²) < 4.78 is 5.91. The van der Waals surface area contributed by atoms with E-state index in [2.05, 4.69) is 9.97 Å². The number of phenolic OH excluding ortho intramolecular Hbond substituents is 1. The molecule has 2 aromatic heterocycles. The normalized spacial score (nSPS) is 15.2. The lowest BCUT2D eigenvalue weighted by molar-refractivity contribution is 0.0590. The third-order valence-electron chi connectivity index (χ3n) is 4.52. The summed E-state index contributed by atoms with van der Waals surface area (Å²) in [6.07, 6.45) is 3.24. The van der Waals surface area contributed by atoms with Crippen LogP contribution in [0.2, 0.25) is 0 Å². The summed E-state index contributed by atoms with van der Waals surface area (Å²) in [5.41, 5.74) is 1.94. The van der Waals surface area contributed by atoms with Crippen molar-refractivity contribution in [1.82, 2.24) is 14.9 Å². The molecular formula is C20H19N3O3. The smallest absolute Gasteiger partial charge is 0.272 e. The van der Waals surface area contributed by atoms with Gasteiger partial charge in [-0.1, -0.05) is 6.07 Å². The molecule has 6 nitrogen and oxygen atoms in total. The van der Waals surface area contributed by atoms with Gasteiger partial charge in [-0.2, -0.15) is 0 Å². The van der Waals surface area contributed by atoms with Crippen LogP contribution in [-0.2, 0) is 0 Å². The number of aromatic nitrogens is 2. The van der Waals surface area contributed by atoms with Gasteiger partial charge in [0.25, 0.3) is 5.91 Å². The van der Waals surface area contributed by atoms with Crippen LogP contribution in [0.3, 0.4) is 0 Å². The minimum absolute atomic E-state index is 0.0367. The van der Waals surface area contributed by atoms with Gasteiger partial charge in [0.05, 0.1) is 11.0 Å². The van der Waals surface area contributed by atoms with Gasteiger partial charge < -0.3 is 14.7 Å². The molecule has 132 valence electrons. The number of nitrogens with zero attached hydrogens (tertiary/aromatic N) is 3. The predicted molar refractivity (Wildman–Crippen MR) is 97.2 cm³/mol. The second-order valence-corrected chi connectivity index (χ2v) is 6.34. The molecule has 0 saturated carbocycles. The molecule has 3 heterocycles. The van der Waals surface area contributed by atoms with Gasteiger partial charge in [-0.25, -0.2) is 4.98 Å². The number of phenols is 1. The highest BCUT2D eigenvalue weighted by Crippen LogP contribution is 2.23. The number of carbonyl (C=O) groups excluding carboxylic acids is 1. The molecule has 1 fully saturated rings. The molecular weight excluding hydrogens is 330 g/mol. The fourth-order valence-electron chi connectivity index (χ4n) is 3.16. The largest absolute Gasteiger partial charge is 0.508 e. The number of hydrogen-bond acceptors (Lipinski definition) is 5. The highest BCUT2D eigenvalue weighted by atomic mass is 16.5. The second kappa shape index (κ2) is 7.00. The summed E-state index contributed by atoms with van der Waals surface area (Å²) in [5, 5.41) is 9.51. The third kappa shape index (κ3) is 3.44. The number of pyridine rings is 2. The van der Waals surface area contributed by atoms with E-state index in [4.69, 9.17) is 4.74 Å².